The zero-order chi connectivity index (χ0) is 59.2. The molecule has 4 aliphatic heterocycles. The van der Waals surface area contributed by atoms with Gasteiger partial charge in [0.1, 0.15) is 55.2 Å². The van der Waals surface area contributed by atoms with Crippen LogP contribution in [0.3, 0.4) is 0 Å². The van der Waals surface area contributed by atoms with Crippen molar-refractivity contribution in [1.82, 2.24) is 30.4 Å². The predicted molar refractivity (Wildman–Crippen MR) is 282 cm³/mol. The number of rotatable bonds is 19. The monoisotopic (exact) mass is 1140 g/mol. The summed E-state index contributed by atoms with van der Waals surface area (Å²) in [5.41, 5.74) is 0.526. The standard InChI is InChI=1S/C56H62FN7O18/c1-6-56(78)31-19-36-44-29(21-64(36)51(73)30(31)23-79-54(56)76)42-34(14-12-28-25(4)32(57)20-35(59-44)41(28)42)61-55(77)80-22-27-11-13-33(37(18-27)81-53-47(70)45(68)46(69)48(82-53)52(74)75)60-49(71)26(5)58-50(72)43(24(2)3)62-38(65)10-8-7-9-17-63-39(66)15-16-40(63)67/h11,13,15-16,18-20,24,26,34,43,45-48,53,68-70,78H,6-10,12,14,17,21-23H2,1-5H3,(H,58,72)(H,60,71)(H,61,77)(H,62,65)(H,74,75)/t26-,34-,43-,45-,46-,47+,48-,53+,56-/m0/s1. The smallest absolute Gasteiger partial charge is 0.407 e. The number of anilines is 1. The quantitative estimate of drug-likeness (QED) is 0.0323. The number of aliphatic carboxylic acids is 1. The van der Waals surface area contributed by atoms with Gasteiger partial charge in [0.15, 0.2) is 11.7 Å². The van der Waals surface area contributed by atoms with Crippen LogP contribution in [0.5, 0.6) is 5.75 Å². The number of aliphatic hydroxyl groups is 4. The number of imide groups is 1. The normalized spacial score (nSPS) is 23.1. The van der Waals surface area contributed by atoms with Gasteiger partial charge in [-0.15, -0.1) is 0 Å². The second kappa shape index (κ2) is 23.4. The predicted octanol–water partition coefficient (Wildman–Crippen LogP) is 1.78. The Morgan fingerprint density at radius 3 is 2.34 bits per heavy atom. The molecule has 0 radical (unpaired) electrons. The van der Waals surface area contributed by atoms with E-state index in [4.69, 9.17) is 23.9 Å². The minimum absolute atomic E-state index is 0.0237. The lowest BCUT2D eigenvalue weighted by Crippen LogP contribution is -2.61. The largest absolute Gasteiger partial charge is 0.479 e. The van der Waals surface area contributed by atoms with Gasteiger partial charge in [-0.3, -0.25) is 33.7 Å². The summed E-state index contributed by atoms with van der Waals surface area (Å²) in [5.74, 6) is -6.65. The van der Waals surface area contributed by atoms with Crippen molar-refractivity contribution in [2.75, 3.05) is 11.9 Å². The Labute approximate surface area is 466 Å². The number of aryl methyl sites for hydroxylation is 1. The fourth-order valence-corrected chi connectivity index (χ4v) is 10.9. The number of hydrogen-bond acceptors (Lipinski definition) is 18. The van der Waals surface area contributed by atoms with E-state index >= 15 is 4.39 Å². The average Bonchev–Trinajstić information content (AvgIpc) is 1.94. The number of aliphatic hydroxyl groups excluding tert-OH is 3. The fraction of sp³-hybridized carbons (Fsp3) is 0.464. The minimum atomic E-state index is -2.10. The van der Waals surface area contributed by atoms with Crippen LogP contribution in [0.4, 0.5) is 14.9 Å². The van der Waals surface area contributed by atoms with Crippen molar-refractivity contribution in [3.63, 3.8) is 0 Å². The summed E-state index contributed by atoms with van der Waals surface area (Å²) in [5, 5.41) is 64.3. The van der Waals surface area contributed by atoms with E-state index in [-0.39, 0.29) is 84.0 Å². The van der Waals surface area contributed by atoms with E-state index in [1.54, 1.807) is 27.7 Å². The van der Waals surface area contributed by atoms with Crippen molar-refractivity contribution in [2.24, 2.45) is 5.92 Å². The van der Waals surface area contributed by atoms with Gasteiger partial charge in [-0.25, -0.2) is 23.8 Å². The highest BCUT2D eigenvalue weighted by Gasteiger charge is 2.49. The van der Waals surface area contributed by atoms with Crippen molar-refractivity contribution in [3.8, 4) is 17.1 Å². The maximum absolute atomic E-state index is 15.5. The van der Waals surface area contributed by atoms with Gasteiger partial charge in [0.05, 0.1) is 40.7 Å². The average molecular weight is 1140 g/mol. The number of ether oxygens (including phenoxy) is 4. The number of carboxylic acid groups (broad SMARTS) is 1. The molecule has 26 heteroatoms. The molecule has 436 valence electrons. The summed E-state index contributed by atoms with van der Waals surface area (Å²) in [6.07, 6.45) is -6.88. The zero-order valence-corrected chi connectivity index (χ0v) is 45.3. The molecule has 9 rings (SSSR count). The summed E-state index contributed by atoms with van der Waals surface area (Å²) < 4.78 is 39.2. The molecule has 0 bridgehead atoms. The van der Waals surface area contributed by atoms with E-state index in [1.807, 2.05) is 0 Å². The Hall–Kier alpha value is -8.17. The number of fused-ring (bicyclic) bond motifs is 5. The van der Waals surface area contributed by atoms with Gasteiger partial charge < -0.3 is 70.3 Å². The number of benzene rings is 2. The number of pyridine rings is 2. The molecule has 6 heterocycles. The fourth-order valence-electron chi connectivity index (χ4n) is 10.9. The van der Waals surface area contributed by atoms with Gasteiger partial charge in [0.2, 0.25) is 24.0 Å². The van der Waals surface area contributed by atoms with E-state index in [2.05, 4.69) is 21.3 Å². The number of carbonyl (C=O) groups excluding carboxylic acids is 7. The SMILES string of the molecule is CC[C@@]1(O)C(=O)OCc2c1cc1n(c2=O)Cc2c-1nc1cc(F)c(C)c3c1c2[C@@H](NC(=O)OCc1ccc(NC(=O)[C@H](C)NC(=O)[C@@H](NC(=O)CCCCCN2C(=O)C=CC2=O)C(C)C)c(O[C@@H]2O[C@H](C(=O)O)[C@@H](O)[C@H](O)[C@H]2O)c1)CC3. The van der Waals surface area contributed by atoms with Gasteiger partial charge in [0, 0.05) is 47.7 Å². The molecule has 1 aliphatic carbocycles. The number of amides is 6. The molecule has 25 nitrogen and oxygen atoms in total. The van der Waals surface area contributed by atoms with E-state index in [9.17, 15) is 68.7 Å². The van der Waals surface area contributed by atoms with Crippen molar-refractivity contribution in [3.05, 3.63) is 97.6 Å². The molecule has 2 aromatic carbocycles. The summed E-state index contributed by atoms with van der Waals surface area (Å²) in [4.78, 5) is 123. The highest BCUT2D eigenvalue weighted by molar-refractivity contribution is 6.12. The van der Waals surface area contributed by atoms with Crippen LogP contribution in [0.15, 0.2) is 47.3 Å². The van der Waals surface area contributed by atoms with Gasteiger partial charge in [-0.1, -0.05) is 33.3 Å². The Morgan fingerprint density at radius 2 is 1.65 bits per heavy atom. The van der Waals surface area contributed by atoms with Crippen molar-refractivity contribution in [1.29, 1.82) is 0 Å². The second-order valence-corrected chi connectivity index (χ2v) is 21.3. The summed E-state index contributed by atoms with van der Waals surface area (Å²) in [6, 6.07) is 3.63. The van der Waals surface area contributed by atoms with Crippen LogP contribution in [0.25, 0.3) is 22.3 Å². The molecule has 6 amide bonds. The van der Waals surface area contributed by atoms with Crippen LogP contribution in [-0.4, -0.2) is 137 Å². The lowest BCUT2D eigenvalue weighted by Gasteiger charge is -2.38. The van der Waals surface area contributed by atoms with Crippen LogP contribution < -0.4 is 31.6 Å². The third-order valence-corrected chi connectivity index (χ3v) is 15.6. The van der Waals surface area contributed by atoms with Crippen LogP contribution in [0.1, 0.15) is 111 Å². The van der Waals surface area contributed by atoms with Crippen LogP contribution in [0.2, 0.25) is 0 Å². The molecule has 9 N–H and O–H groups in total. The number of aromatic nitrogens is 2. The number of carbonyl (C=O) groups is 8. The first-order valence-corrected chi connectivity index (χ1v) is 26.8. The number of hydrogen-bond donors (Lipinski definition) is 9. The number of nitrogens with one attached hydrogen (secondary N) is 4. The molecule has 1 saturated heterocycles. The molecule has 0 unspecified atom stereocenters. The number of halogens is 1. The molecule has 2 aromatic heterocycles. The topological polar surface area (TPSA) is 361 Å². The van der Waals surface area contributed by atoms with Crippen LogP contribution in [0, 0.1) is 18.7 Å². The first kappa shape index (κ1) is 58.5. The zero-order valence-electron chi connectivity index (χ0n) is 45.3. The molecule has 1 fully saturated rings. The molecule has 9 atom stereocenters. The molecule has 5 aliphatic rings. The van der Waals surface area contributed by atoms with Crippen molar-refractivity contribution < 1.29 is 87.2 Å². The molecular formula is C56H62FN7O18. The Kier molecular flexibility index (Phi) is 16.7. The maximum Gasteiger partial charge on any atom is 0.407 e. The van der Waals surface area contributed by atoms with Gasteiger partial charge in [0.25, 0.3) is 17.4 Å². The number of nitrogens with zero attached hydrogens (tertiary/aromatic N) is 3. The highest BCUT2D eigenvalue weighted by atomic mass is 19.1. The van der Waals surface area contributed by atoms with Crippen molar-refractivity contribution >= 4 is 64.2 Å². The third-order valence-electron chi connectivity index (χ3n) is 15.6. The molecular weight excluding hydrogens is 1080 g/mol. The van der Waals surface area contributed by atoms with Crippen LogP contribution >= 0.6 is 0 Å². The number of alkyl carbamates (subject to hydrolysis) is 1. The van der Waals surface area contributed by atoms with Crippen molar-refractivity contribution in [2.45, 2.75) is 154 Å². The Morgan fingerprint density at radius 1 is 0.915 bits per heavy atom. The summed E-state index contributed by atoms with van der Waals surface area (Å²) >= 11 is 0. The van der Waals surface area contributed by atoms with E-state index in [0.29, 0.717) is 53.3 Å². The van der Waals surface area contributed by atoms with E-state index < -0.39 is 126 Å². The number of unbranched alkanes of at least 4 members (excludes halogenated alkanes) is 2. The molecule has 0 saturated carbocycles. The van der Waals surface area contributed by atoms with E-state index in [0.717, 1.165) is 4.90 Å². The van der Waals surface area contributed by atoms with Gasteiger partial charge >= 0.3 is 18.0 Å². The Balaban J connectivity index is 0.910. The molecule has 4 aromatic rings. The lowest BCUT2D eigenvalue weighted by atomic mass is 9.81. The maximum atomic E-state index is 15.5. The Bertz CT molecular complexity index is 3400. The summed E-state index contributed by atoms with van der Waals surface area (Å²) in [6.45, 7) is 7.27. The first-order chi connectivity index (χ1) is 38.9. The number of carboxylic acids is 1. The highest BCUT2D eigenvalue weighted by Crippen LogP contribution is 2.46. The third kappa shape index (κ3) is 11.1. The van der Waals surface area contributed by atoms with Gasteiger partial charge in [-0.05, 0) is 92.3 Å². The van der Waals surface area contributed by atoms with Crippen LogP contribution in [-0.2, 0) is 79.6 Å². The molecule has 0 spiro atoms. The number of cyclic esters (lactones) is 1. The second-order valence-electron chi connectivity index (χ2n) is 21.3. The van der Waals surface area contributed by atoms with Gasteiger partial charge in [-0.2, -0.15) is 0 Å². The first-order valence-electron chi connectivity index (χ1n) is 26.8. The summed E-state index contributed by atoms with van der Waals surface area (Å²) in [7, 11) is 0. The lowest BCUT2D eigenvalue weighted by molar-refractivity contribution is -0.271. The number of esters is 1. The van der Waals surface area contributed by atoms with E-state index in [1.165, 1.54) is 54.0 Å². The molecule has 82 heavy (non-hydrogen) atoms. The minimum Gasteiger partial charge on any atom is -0.479 e.